The van der Waals surface area contributed by atoms with E-state index < -0.39 is 4.92 Å². The first-order valence-electron chi connectivity index (χ1n) is 7.84. The van der Waals surface area contributed by atoms with Gasteiger partial charge in [-0.05, 0) is 31.2 Å². The van der Waals surface area contributed by atoms with Crippen molar-refractivity contribution in [1.82, 2.24) is 9.97 Å². The summed E-state index contributed by atoms with van der Waals surface area (Å²) in [6, 6.07) is 18.6. The van der Waals surface area contributed by atoms with Gasteiger partial charge in [-0.15, -0.1) is 0 Å². The van der Waals surface area contributed by atoms with Crippen molar-refractivity contribution in [3.63, 3.8) is 0 Å². The van der Waals surface area contributed by atoms with Crippen molar-refractivity contribution in [3.05, 3.63) is 77.1 Å². The maximum absolute atomic E-state index is 11.7. The molecule has 0 saturated heterocycles. The van der Waals surface area contributed by atoms with Gasteiger partial charge in [-0.3, -0.25) is 10.1 Å². The van der Waals surface area contributed by atoms with Crippen molar-refractivity contribution in [2.45, 2.75) is 6.92 Å². The van der Waals surface area contributed by atoms with Gasteiger partial charge in [0.2, 0.25) is 11.6 Å². The Labute approximate surface area is 145 Å². The highest BCUT2D eigenvalue weighted by atomic mass is 16.6. The summed E-state index contributed by atoms with van der Waals surface area (Å²) < 4.78 is 0. The lowest BCUT2D eigenvalue weighted by Crippen LogP contribution is -2.19. The van der Waals surface area contributed by atoms with Crippen molar-refractivity contribution >= 4 is 28.7 Å². The minimum Gasteiger partial charge on any atom is -0.334 e. The SMILES string of the molecule is CCN(c1ccccc1)c1ncnc(Nc2ccccc2)c1[N+](=O)[O-]. The van der Waals surface area contributed by atoms with Gasteiger partial charge in [0.1, 0.15) is 6.33 Å². The molecule has 0 aliphatic heterocycles. The molecule has 126 valence electrons. The molecule has 7 nitrogen and oxygen atoms in total. The molecule has 1 N–H and O–H groups in total. The maximum Gasteiger partial charge on any atom is 0.354 e. The number of rotatable bonds is 6. The van der Waals surface area contributed by atoms with Crippen LogP contribution in [0.15, 0.2) is 67.0 Å². The second-order valence-corrected chi connectivity index (χ2v) is 5.22. The van der Waals surface area contributed by atoms with Gasteiger partial charge in [-0.25, -0.2) is 9.97 Å². The van der Waals surface area contributed by atoms with Crippen LogP contribution >= 0.6 is 0 Å². The third-order valence-electron chi connectivity index (χ3n) is 3.66. The van der Waals surface area contributed by atoms with E-state index in [1.54, 1.807) is 4.90 Å². The largest absolute Gasteiger partial charge is 0.354 e. The molecule has 0 aliphatic carbocycles. The molecule has 7 heteroatoms. The van der Waals surface area contributed by atoms with Gasteiger partial charge in [0.25, 0.3) is 0 Å². The number of nitrogens with zero attached hydrogens (tertiary/aromatic N) is 4. The summed E-state index contributed by atoms with van der Waals surface area (Å²) in [7, 11) is 0. The minimum atomic E-state index is -0.452. The normalized spacial score (nSPS) is 10.3. The molecule has 1 heterocycles. The van der Waals surface area contributed by atoms with Crippen molar-refractivity contribution in [1.29, 1.82) is 0 Å². The van der Waals surface area contributed by atoms with Crippen LogP contribution in [0.1, 0.15) is 6.92 Å². The second-order valence-electron chi connectivity index (χ2n) is 5.22. The molecular formula is C18H17N5O2. The van der Waals surface area contributed by atoms with Gasteiger partial charge >= 0.3 is 5.69 Å². The van der Waals surface area contributed by atoms with Gasteiger partial charge in [0, 0.05) is 17.9 Å². The quantitative estimate of drug-likeness (QED) is 0.534. The lowest BCUT2D eigenvalue weighted by Gasteiger charge is -2.22. The number of nitrogens with one attached hydrogen (secondary N) is 1. The third kappa shape index (κ3) is 3.55. The number of para-hydroxylation sites is 2. The van der Waals surface area contributed by atoms with Crippen molar-refractivity contribution in [3.8, 4) is 0 Å². The Morgan fingerprint density at radius 1 is 1.04 bits per heavy atom. The average Bonchev–Trinajstić information content (AvgIpc) is 2.64. The highest BCUT2D eigenvalue weighted by Gasteiger charge is 2.27. The van der Waals surface area contributed by atoms with E-state index in [1.807, 2.05) is 67.6 Å². The zero-order valence-corrected chi connectivity index (χ0v) is 13.7. The van der Waals surface area contributed by atoms with Gasteiger partial charge in [-0.1, -0.05) is 36.4 Å². The summed E-state index contributed by atoms with van der Waals surface area (Å²) in [5.74, 6) is 0.419. The van der Waals surface area contributed by atoms with E-state index in [4.69, 9.17) is 0 Å². The number of hydrogen-bond donors (Lipinski definition) is 1. The van der Waals surface area contributed by atoms with Crippen LogP contribution in [0.4, 0.5) is 28.7 Å². The Balaban J connectivity index is 2.07. The van der Waals surface area contributed by atoms with Crippen molar-refractivity contribution in [2.75, 3.05) is 16.8 Å². The molecule has 3 aromatic rings. The van der Waals surface area contributed by atoms with Crippen molar-refractivity contribution in [2.24, 2.45) is 0 Å². The van der Waals surface area contributed by atoms with Crippen LogP contribution in [0.3, 0.4) is 0 Å². The summed E-state index contributed by atoms with van der Waals surface area (Å²) in [5, 5.41) is 14.7. The van der Waals surface area contributed by atoms with Crippen LogP contribution < -0.4 is 10.2 Å². The number of nitro groups is 1. The minimum absolute atomic E-state index is 0.156. The summed E-state index contributed by atoms with van der Waals surface area (Å²) in [4.78, 5) is 21.3. The molecule has 0 atom stereocenters. The molecular weight excluding hydrogens is 318 g/mol. The van der Waals surface area contributed by atoms with Gasteiger partial charge < -0.3 is 10.2 Å². The molecule has 0 spiro atoms. The summed E-state index contributed by atoms with van der Waals surface area (Å²) >= 11 is 0. The summed E-state index contributed by atoms with van der Waals surface area (Å²) in [6.07, 6.45) is 1.33. The number of hydrogen-bond acceptors (Lipinski definition) is 6. The third-order valence-corrected chi connectivity index (χ3v) is 3.66. The second kappa shape index (κ2) is 7.39. The molecule has 0 amide bonds. The molecule has 25 heavy (non-hydrogen) atoms. The van der Waals surface area contributed by atoms with Gasteiger partial charge in [0.05, 0.1) is 4.92 Å². The fourth-order valence-electron chi connectivity index (χ4n) is 2.55. The number of aromatic nitrogens is 2. The Morgan fingerprint density at radius 2 is 1.68 bits per heavy atom. The zero-order chi connectivity index (χ0) is 17.6. The predicted molar refractivity (Wildman–Crippen MR) is 97.5 cm³/mol. The molecule has 2 aromatic carbocycles. The van der Waals surface area contributed by atoms with Crippen LogP contribution in [0.2, 0.25) is 0 Å². The fraction of sp³-hybridized carbons (Fsp3) is 0.111. The maximum atomic E-state index is 11.7. The molecule has 3 rings (SSSR count). The summed E-state index contributed by atoms with van der Waals surface area (Å²) in [6.45, 7) is 2.45. The zero-order valence-electron chi connectivity index (χ0n) is 13.7. The Kier molecular flexibility index (Phi) is 4.84. The highest BCUT2D eigenvalue weighted by molar-refractivity contribution is 5.78. The molecule has 0 radical (unpaired) electrons. The van der Waals surface area contributed by atoms with E-state index in [0.29, 0.717) is 6.54 Å². The lowest BCUT2D eigenvalue weighted by molar-refractivity contribution is -0.383. The van der Waals surface area contributed by atoms with Crippen molar-refractivity contribution < 1.29 is 4.92 Å². The first kappa shape index (κ1) is 16.4. The highest BCUT2D eigenvalue weighted by Crippen LogP contribution is 2.36. The van der Waals surface area contributed by atoms with Crippen LogP contribution in [-0.4, -0.2) is 21.4 Å². The lowest BCUT2D eigenvalue weighted by atomic mass is 10.2. The van der Waals surface area contributed by atoms with E-state index >= 15 is 0 Å². The molecule has 1 aromatic heterocycles. The van der Waals surface area contributed by atoms with E-state index in [1.165, 1.54) is 6.33 Å². The van der Waals surface area contributed by atoms with Crippen LogP contribution in [0, 0.1) is 10.1 Å². The molecule has 0 aliphatic rings. The monoisotopic (exact) mass is 335 g/mol. The Hall–Kier alpha value is -3.48. The Bertz CT molecular complexity index is 856. The number of benzene rings is 2. The molecule has 0 unspecified atom stereocenters. The molecule has 0 bridgehead atoms. The fourth-order valence-corrected chi connectivity index (χ4v) is 2.55. The van der Waals surface area contributed by atoms with Crippen LogP contribution in [-0.2, 0) is 0 Å². The Morgan fingerprint density at radius 3 is 2.28 bits per heavy atom. The van der Waals surface area contributed by atoms with Gasteiger partial charge in [-0.2, -0.15) is 0 Å². The molecule has 0 saturated carbocycles. The standard InChI is InChI=1S/C18H17N5O2/c1-2-22(15-11-7-4-8-12-15)18-16(23(24)25)17(19-13-20-18)21-14-9-5-3-6-10-14/h3-13H,2H2,1H3,(H,19,20,21). The summed E-state index contributed by atoms with van der Waals surface area (Å²) in [5.41, 5.74) is 1.40. The molecule has 0 fully saturated rings. The predicted octanol–water partition coefficient (Wildman–Crippen LogP) is 4.29. The topological polar surface area (TPSA) is 84.2 Å². The number of anilines is 4. The van der Waals surface area contributed by atoms with Gasteiger partial charge in [0.15, 0.2) is 0 Å². The van der Waals surface area contributed by atoms with Crippen LogP contribution in [0.25, 0.3) is 0 Å². The van der Waals surface area contributed by atoms with E-state index in [2.05, 4.69) is 15.3 Å². The van der Waals surface area contributed by atoms with E-state index in [-0.39, 0.29) is 17.3 Å². The first-order valence-corrected chi connectivity index (χ1v) is 7.84. The average molecular weight is 335 g/mol. The van der Waals surface area contributed by atoms with E-state index in [0.717, 1.165) is 11.4 Å². The first-order chi connectivity index (χ1) is 12.2. The smallest absolute Gasteiger partial charge is 0.334 e. The van der Waals surface area contributed by atoms with Crippen LogP contribution in [0.5, 0.6) is 0 Å². The van der Waals surface area contributed by atoms with E-state index in [9.17, 15) is 10.1 Å².